The normalized spacial score (nSPS) is 20.9. The Bertz CT molecular complexity index is 1200. The van der Waals surface area contributed by atoms with Crippen molar-refractivity contribution < 1.29 is 32.6 Å². The van der Waals surface area contributed by atoms with Gasteiger partial charge in [0.2, 0.25) is 10.0 Å². The molecule has 0 bridgehead atoms. The zero-order valence-corrected chi connectivity index (χ0v) is 20.2. The smallest absolute Gasteiger partial charge is 0.295 e. The lowest BCUT2D eigenvalue weighted by Gasteiger charge is -2.26. The predicted molar refractivity (Wildman–Crippen MR) is 128 cm³/mol. The molecule has 10 heteroatoms. The molecule has 0 saturated carbocycles. The molecule has 9 nitrogen and oxygen atoms in total. The summed E-state index contributed by atoms with van der Waals surface area (Å²) >= 11 is 0. The van der Waals surface area contributed by atoms with Crippen LogP contribution in [0.25, 0.3) is 5.76 Å². The molecule has 4 rings (SSSR count). The Morgan fingerprint density at radius 1 is 1.06 bits per heavy atom. The highest BCUT2D eigenvalue weighted by molar-refractivity contribution is 7.89. The van der Waals surface area contributed by atoms with E-state index >= 15 is 0 Å². The van der Waals surface area contributed by atoms with Crippen LogP contribution in [0.5, 0.6) is 0 Å². The van der Waals surface area contributed by atoms with Crippen LogP contribution < -0.4 is 0 Å². The fraction of sp³-hybridized carbons (Fsp3) is 0.360. The molecule has 0 aliphatic carbocycles. The molecule has 2 heterocycles. The molecule has 2 aliphatic heterocycles. The average molecular weight is 501 g/mol. The number of rotatable bonds is 8. The number of ketones is 1. The van der Waals surface area contributed by atoms with E-state index in [1.807, 2.05) is 6.07 Å². The van der Waals surface area contributed by atoms with E-state index in [9.17, 15) is 23.1 Å². The minimum Gasteiger partial charge on any atom is -0.507 e. The molecular weight excluding hydrogens is 472 g/mol. The molecule has 2 fully saturated rings. The highest BCUT2D eigenvalue weighted by Gasteiger charge is 2.45. The van der Waals surface area contributed by atoms with Gasteiger partial charge in [0, 0.05) is 38.9 Å². The van der Waals surface area contributed by atoms with Gasteiger partial charge < -0.3 is 19.5 Å². The van der Waals surface area contributed by atoms with Gasteiger partial charge >= 0.3 is 0 Å². The first-order valence-electron chi connectivity index (χ1n) is 11.4. The molecule has 2 aliphatic rings. The molecule has 0 unspecified atom stereocenters. The lowest BCUT2D eigenvalue weighted by molar-refractivity contribution is -0.140. The van der Waals surface area contributed by atoms with Crippen LogP contribution in [0.1, 0.15) is 23.6 Å². The van der Waals surface area contributed by atoms with Gasteiger partial charge in [-0.15, -0.1) is 0 Å². The van der Waals surface area contributed by atoms with E-state index in [1.54, 1.807) is 31.4 Å². The Hall–Kier alpha value is -3.05. The van der Waals surface area contributed by atoms with Crippen LogP contribution >= 0.6 is 0 Å². The van der Waals surface area contributed by atoms with Gasteiger partial charge in [-0.3, -0.25) is 9.59 Å². The molecule has 186 valence electrons. The number of amides is 1. The number of likely N-dealkylation sites (tertiary alicyclic amines) is 1. The van der Waals surface area contributed by atoms with Gasteiger partial charge in [0.05, 0.1) is 29.7 Å². The first-order chi connectivity index (χ1) is 16.9. The first-order valence-corrected chi connectivity index (χ1v) is 12.8. The zero-order chi connectivity index (χ0) is 25.0. The van der Waals surface area contributed by atoms with Crippen LogP contribution in [-0.2, 0) is 29.1 Å². The number of benzene rings is 2. The number of aliphatic hydroxyl groups is 1. The fourth-order valence-electron chi connectivity index (χ4n) is 4.35. The Balaban J connectivity index is 1.70. The Morgan fingerprint density at radius 3 is 2.34 bits per heavy atom. The van der Waals surface area contributed by atoms with Crippen molar-refractivity contribution in [3.05, 3.63) is 71.3 Å². The monoisotopic (exact) mass is 500 g/mol. The van der Waals surface area contributed by atoms with Crippen LogP contribution in [0, 0.1) is 0 Å². The number of carbonyl (C=O) groups is 2. The zero-order valence-electron chi connectivity index (χ0n) is 19.4. The molecule has 1 atom stereocenters. The van der Waals surface area contributed by atoms with Crippen LogP contribution in [0.4, 0.5) is 0 Å². The number of aliphatic hydroxyl groups excluding tert-OH is 1. The minimum atomic E-state index is -3.70. The van der Waals surface area contributed by atoms with Crippen LogP contribution in [0.3, 0.4) is 0 Å². The van der Waals surface area contributed by atoms with Gasteiger partial charge in [-0.05, 0) is 36.2 Å². The second-order valence-corrected chi connectivity index (χ2v) is 10.2. The number of carbonyl (C=O) groups excluding carboxylic acids is 2. The van der Waals surface area contributed by atoms with Gasteiger partial charge in [0.25, 0.3) is 11.7 Å². The van der Waals surface area contributed by atoms with Crippen molar-refractivity contribution in [1.82, 2.24) is 9.21 Å². The minimum absolute atomic E-state index is 0.0256. The van der Waals surface area contributed by atoms with Crippen molar-refractivity contribution >= 4 is 27.5 Å². The van der Waals surface area contributed by atoms with Crippen molar-refractivity contribution in [1.29, 1.82) is 0 Å². The number of hydrogen-bond acceptors (Lipinski definition) is 7. The fourth-order valence-corrected chi connectivity index (χ4v) is 5.76. The van der Waals surface area contributed by atoms with Crippen LogP contribution in [0.2, 0.25) is 0 Å². The number of nitrogens with zero attached hydrogens (tertiary/aromatic N) is 2. The Morgan fingerprint density at radius 2 is 1.71 bits per heavy atom. The molecule has 1 amide bonds. The highest BCUT2D eigenvalue weighted by Crippen LogP contribution is 2.39. The predicted octanol–water partition coefficient (Wildman–Crippen LogP) is 2.17. The molecule has 0 spiro atoms. The summed E-state index contributed by atoms with van der Waals surface area (Å²) in [6, 6.07) is 13.9. The van der Waals surface area contributed by atoms with E-state index in [-0.39, 0.29) is 41.4 Å². The van der Waals surface area contributed by atoms with Crippen molar-refractivity contribution in [2.45, 2.75) is 17.4 Å². The topological polar surface area (TPSA) is 113 Å². The third-order valence-corrected chi connectivity index (χ3v) is 8.05. The molecule has 2 aromatic carbocycles. The van der Waals surface area contributed by atoms with Crippen molar-refractivity contribution in [3.8, 4) is 0 Å². The standard InChI is InChI=1S/C25H28N2O7S/c1-33-15-5-12-27-22(18-6-3-2-4-7-18)21(24(29)25(27)30)23(28)19-8-10-20(11-9-19)35(31,32)26-13-16-34-17-14-26/h2-4,6-11,22,28H,5,12-17H2,1H3/t22-/m1/s1. The van der Waals surface area contributed by atoms with Crippen molar-refractivity contribution in [2.75, 3.05) is 46.6 Å². The van der Waals surface area contributed by atoms with Crippen LogP contribution in [0.15, 0.2) is 65.1 Å². The summed E-state index contributed by atoms with van der Waals surface area (Å²) in [6.07, 6.45) is 0.529. The SMILES string of the molecule is COCCCN1C(=O)C(=O)C(=C(O)c2ccc(S(=O)(=O)N3CCOCC3)cc2)[C@H]1c1ccccc1. The molecule has 35 heavy (non-hydrogen) atoms. The van der Waals surface area contributed by atoms with Crippen molar-refractivity contribution in [2.24, 2.45) is 0 Å². The van der Waals surface area contributed by atoms with Gasteiger partial charge in [-0.2, -0.15) is 4.31 Å². The van der Waals surface area contributed by atoms with Crippen LogP contribution in [-0.4, -0.2) is 81.0 Å². The first kappa shape index (κ1) is 25.1. The molecule has 0 radical (unpaired) electrons. The summed E-state index contributed by atoms with van der Waals surface area (Å²) in [5, 5.41) is 11.2. The second kappa shape index (κ2) is 10.7. The second-order valence-electron chi connectivity index (χ2n) is 8.29. The maximum atomic E-state index is 13.0. The maximum absolute atomic E-state index is 13.0. The lowest BCUT2D eigenvalue weighted by Crippen LogP contribution is -2.40. The number of hydrogen-bond donors (Lipinski definition) is 1. The average Bonchev–Trinajstić information content (AvgIpc) is 3.14. The summed E-state index contributed by atoms with van der Waals surface area (Å²) in [5.41, 5.74) is 0.918. The van der Waals surface area contributed by atoms with E-state index in [0.29, 0.717) is 31.8 Å². The van der Waals surface area contributed by atoms with E-state index in [0.717, 1.165) is 0 Å². The number of methoxy groups -OCH3 is 1. The quantitative estimate of drug-likeness (QED) is 0.256. The van der Waals surface area contributed by atoms with Gasteiger partial charge in [0.1, 0.15) is 5.76 Å². The number of morpholine rings is 1. The third kappa shape index (κ3) is 5.01. The summed E-state index contributed by atoms with van der Waals surface area (Å²) < 4.78 is 37.5. The summed E-state index contributed by atoms with van der Waals surface area (Å²) in [5.74, 6) is -1.82. The number of sulfonamides is 1. The summed E-state index contributed by atoms with van der Waals surface area (Å²) in [7, 11) is -2.14. The summed E-state index contributed by atoms with van der Waals surface area (Å²) in [4.78, 5) is 27.4. The maximum Gasteiger partial charge on any atom is 0.295 e. The number of ether oxygens (including phenoxy) is 2. The van der Waals surface area contributed by atoms with E-state index in [1.165, 1.54) is 33.5 Å². The molecule has 2 saturated heterocycles. The largest absolute Gasteiger partial charge is 0.507 e. The molecule has 1 N–H and O–H groups in total. The van der Waals surface area contributed by atoms with Gasteiger partial charge in [0.15, 0.2) is 0 Å². The molecule has 2 aromatic rings. The van der Waals surface area contributed by atoms with Crippen molar-refractivity contribution in [3.63, 3.8) is 0 Å². The Labute approximate surface area is 204 Å². The Kier molecular flexibility index (Phi) is 7.66. The van der Waals surface area contributed by atoms with E-state index in [4.69, 9.17) is 9.47 Å². The van der Waals surface area contributed by atoms with E-state index in [2.05, 4.69) is 0 Å². The highest BCUT2D eigenvalue weighted by atomic mass is 32.2. The van der Waals surface area contributed by atoms with Gasteiger partial charge in [-0.25, -0.2) is 8.42 Å². The molecular formula is C25H28N2O7S. The lowest BCUT2D eigenvalue weighted by atomic mass is 9.95. The number of Topliss-reactive ketones (excluding diaryl/α,β-unsaturated/α-hetero) is 1. The summed E-state index contributed by atoms with van der Waals surface area (Å²) in [6.45, 7) is 1.92. The third-order valence-electron chi connectivity index (χ3n) is 6.14. The van der Waals surface area contributed by atoms with Gasteiger partial charge in [-0.1, -0.05) is 30.3 Å². The molecule has 0 aromatic heterocycles. The van der Waals surface area contributed by atoms with E-state index < -0.39 is 27.8 Å².